The molecule has 0 bridgehead atoms. The molecule has 1 aliphatic rings. The molecule has 0 radical (unpaired) electrons. The summed E-state index contributed by atoms with van der Waals surface area (Å²) in [4.78, 5) is 21.0. The van der Waals surface area contributed by atoms with Crippen LogP contribution in [0, 0.1) is 17.6 Å². The molecule has 3 rings (SSSR count). The number of aromatic nitrogens is 2. The highest BCUT2D eigenvalue weighted by Crippen LogP contribution is 2.24. The molecular weight excluding hydrogens is 268 g/mol. The zero-order valence-electron chi connectivity index (χ0n) is 10.4. The largest absolute Gasteiger partial charge is 0.481 e. The van der Waals surface area contributed by atoms with Gasteiger partial charge in [-0.1, -0.05) is 0 Å². The van der Waals surface area contributed by atoms with E-state index in [1.807, 2.05) is 0 Å². The van der Waals surface area contributed by atoms with Gasteiger partial charge in [0.05, 0.1) is 23.1 Å². The third-order valence-corrected chi connectivity index (χ3v) is 3.43. The molecule has 0 saturated carbocycles. The van der Waals surface area contributed by atoms with Crippen molar-refractivity contribution in [3.8, 4) is 0 Å². The number of carboxylic acids is 1. The zero-order valence-corrected chi connectivity index (χ0v) is 10.4. The maximum Gasteiger partial charge on any atom is 0.308 e. The molecule has 20 heavy (non-hydrogen) atoms. The Morgan fingerprint density at radius 1 is 1.30 bits per heavy atom. The molecule has 1 aliphatic heterocycles. The Kier molecular flexibility index (Phi) is 2.96. The first-order valence-electron chi connectivity index (χ1n) is 6.14. The number of nitrogens with zero attached hydrogens (tertiary/aromatic N) is 3. The lowest BCUT2D eigenvalue weighted by molar-refractivity contribution is -0.140. The lowest BCUT2D eigenvalue weighted by Crippen LogP contribution is -2.23. The van der Waals surface area contributed by atoms with Crippen LogP contribution in [0.25, 0.3) is 11.0 Å². The molecule has 1 aromatic carbocycles. The second-order valence-electron chi connectivity index (χ2n) is 4.75. The van der Waals surface area contributed by atoms with Crippen LogP contribution in [0.1, 0.15) is 6.42 Å². The Hall–Kier alpha value is -2.31. The predicted molar refractivity (Wildman–Crippen MR) is 67.4 cm³/mol. The molecule has 1 N–H and O–H groups in total. The smallest absolute Gasteiger partial charge is 0.308 e. The van der Waals surface area contributed by atoms with E-state index in [2.05, 4.69) is 9.97 Å². The van der Waals surface area contributed by atoms with Crippen molar-refractivity contribution >= 4 is 22.8 Å². The average Bonchev–Trinajstić information content (AvgIpc) is 2.89. The van der Waals surface area contributed by atoms with Crippen molar-refractivity contribution in [2.24, 2.45) is 5.92 Å². The summed E-state index contributed by atoms with van der Waals surface area (Å²) in [6.07, 6.45) is 1.98. The number of carbonyl (C=O) groups is 1. The van der Waals surface area contributed by atoms with Gasteiger partial charge in [0.1, 0.15) is 5.82 Å². The number of fused-ring (bicyclic) bond motifs is 1. The Morgan fingerprint density at radius 2 is 2.00 bits per heavy atom. The van der Waals surface area contributed by atoms with Gasteiger partial charge in [-0.25, -0.2) is 13.8 Å². The van der Waals surface area contributed by atoms with Crippen molar-refractivity contribution in [3.05, 3.63) is 30.0 Å². The fourth-order valence-corrected chi connectivity index (χ4v) is 2.32. The van der Waals surface area contributed by atoms with Crippen molar-refractivity contribution < 1.29 is 18.7 Å². The Balaban J connectivity index is 1.93. The van der Waals surface area contributed by atoms with Gasteiger partial charge in [-0.3, -0.25) is 9.78 Å². The molecule has 2 heterocycles. The van der Waals surface area contributed by atoms with Gasteiger partial charge in [0.25, 0.3) is 0 Å². The Morgan fingerprint density at radius 3 is 2.65 bits per heavy atom. The lowest BCUT2D eigenvalue weighted by Gasteiger charge is -2.16. The third-order valence-electron chi connectivity index (χ3n) is 3.43. The maximum atomic E-state index is 13.2. The normalized spacial score (nSPS) is 18.7. The SMILES string of the molecule is O=C(O)C1CCN(c2cnc3cc(F)c(F)cc3n2)C1. The standard InChI is InChI=1S/C13H11F2N3O2/c14-8-3-10-11(4-9(8)15)17-12(5-16-10)18-2-1-7(6-18)13(19)20/h3-5,7H,1-2,6H2,(H,19,20). The lowest BCUT2D eigenvalue weighted by atomic mass is 10.1. The first kappa shape index (κ1) is 12.7. The summed E-state index contributed by atoms with van der Waals surface area (Å²) in [7, 11) is 0. The molecule has 0 spiro atoms. The predicted octanol–water partition coefficient (Wildman–Crippen LogP) is 1.82. The first-order valence-corrected chi connectivity index (χ1v) is 6.14. The van der Waals surface area contributed by atoms with Crippen molar-refractivity contribution in [1.82, 2.24) is 9.97 Å². The quantitative estimate of drug-likeness (QED) is 0.908. The summed E-state index contributed by atoms with van der Waals surface area (Å²) in [5, 5.41) is 8.96. The monoisotopic (exact) mass is 279 g/mol. The van der Waals surface area contributed by atoms with E-state index in [0.717, 1.165) is 12.1 Å². The number of carboxylic acid groups (broad SMARTS) is 1. The highest BCUT2D eigenvalue weighted by Gasteiger charge is 2.29. The third kappa shape index (κ3) is 2.15. The van der Waals surface area contributed by atoms with Gasteiger partial charge in [-0.05, 0) is 6.42 Å². The number of halogens is 2. The van der Waals surface area contributed by atoms with Crippen LogP contribution in [-0.2, 0) is 4.79 Å². The van der Waals surface area contributed by atoms with Crippen LogP contribution >= 0.6 is 0 Å². The van der Waals surface area contributed by atoms with E-state index in [4.69, 9.17) is 5.11 Å². The van der Waals surface area contributed by atoms with Gasteiger partial charge in [0, 0.05) is 25.2 Å². The minimum absolute atomic E-state index is 0.250. The van der Waals surface area contributed by atoms with Crippen LogP contribution in [0.2, 0.25) is 0 Å². The van der Waals surface area contributed by atoms with E-state index in [1.54, 1.807) is 4.90 Å². The van der Waals surface area contributed by atoms with Crippen LogP contribution in [0.15, 0.2) is 18.3 Å². The van der Waals surface area contributed by atoms with Crippen molar-refractivity contribution in [2.45, 2.75) is 6.42 Å². The highest BCUT2D eigenvalue weighted by molar-refractivity contribution is 5.76. The highest BCUT2D eigenvalue weighted by atomic mass is 19.2. The molecule has 0 aliphatic carbocycles. The average molecular weight is 279 g/mol. The fraction of sp³-hybridized carbons (Fsp3) is 0.308. The van der Waals surface area contributed by atoms with Crippen molar-refractivity contribution in [2.75, 3.05) is 18.0 Å². The number of anilines is 1. The molecule has 104 valence electrons. The summed E-state index contributed by atoms with van der Waals surface area (Å²) in [5.41, 5.74) is 0.516. The molecule has 5 nitrogen and oxygen atoms in total. The number of aliphatic carboxylic acids is 1. The van der Waals surface area contributed by atoms with Gasteiger partial charge in [0.15, 0.2) is 11.6 Å². The second-order valence-corrected chi connectivity index (χ2v) is 4.75. The molecule has 1 atom stereocenters. The van der Waals surface area contributed by atoms with E-state index in [9.17, 15) is 13.6 Å². The second kappa shape index (κ2) is 4.66. The zero-order chi connectivity index (χ0) is 14.3. The maximum absolute atomic E-state index is 13.2. The van der Waals surface area contributed by atoms with Crippen LogP contribution in [-0.4, -0.2) is 34.1 Å². The van der Waals surface area contributed by atoms with E-state index >= 15 is 0 Å². The minimum atomic E-state index is -0.978. The summed E-state index contributed by atoms with van der Waals surface area (Å²) in [5.74, 6) is -2.74. The molecule has 1 fully saturated rings. The molecule has 1 unspecified atom stereocenters. The molecule has 1 aromatic heterocycles. The van der Waals surface area contributed by atoms with Crippen LogP contribution in [0.5, 0.6) is 0 Å². The van der Waals surface area contributed by atoms with E-state index in [0.29, 0.717) is 25.3 Å². The molecular formula is C13H11F2N3O2. The Labute approximate surface area is 112 Å². The summed E-state index contributed by atoms with van der Waals surface area (Å²) < 4.78 is 26.3. The topological polar surface area (TPSA) is 66.3 Å². The first-order chi connectivity index (χ1) is 9.54. The molecule has 0 amide bonds. The van der Waals surface area contributed by atoms with E-state index in [1.165, 1.54) is 6.20 Å². The van der Waals surface area contributed by atoms with Crippen LogP contribution < -0.4 is 4.90 Å². The molecule has 1 saturated heterocycles. The fourth-order valence-electron chi connectivity index (χ4n) is 2.32. The van der Waals surface area contributed by atoms with E-state index in [-0.39, 0.29) is 11.0 Å². The number of hydrogen-bond acceptors (Lipinski definition) is 4. The number of hydrogen-bond donors (Lipinski definition) is 1. The van der Waals surface area contributed by atoms with Gasteiger partial charge < -0.3 is 10.0 Å². The van der Waals surface area contributed by atoms with Crippen LogP contribution in [0.4, 0.5) is 14.6 Å². The van der Waals surface area contributed by atoms with Gasteiger partial charge in [-0.2, -0.15) is 0 Å². The number of benzene rings is 1. The van der Waals surface area contributed by atoms with E-state index < -0.39 is 23.5 Å². The molecule has 2 aromatic rings. The van der Waals surface area contributed by atoms with Crippen molar-refractivity contribution in [1.29, 1.82) is 0 Å². The summed E-state index contributed by atoms with van der Waals surface area (Å²) >= 11 is 0. The minimum Gasteiger partial charge on any atom is -0.481 e. The van der Waals surface area contributed by atoms with Crippen LogP contribution in [0.3, 0.4) is 0 Å². The summed E-state index contributed by atoms with van der Waals surface area (Å²) in [6, 6.07) is 1.98. The van der Waals surface area contributed by atoms with Gasteiger partial charge >= 0.3 is 5.97 Å². The Bertz CT molecular complexity index is 693. The summed E-state index contributed by atoms with van der Waals surface area (Å²) in [6.45, 7) is 0.903. The van der Waals surface area contributed by atoms with Gasteiger partial charge in [0.2, 0.25) is 0 Å². The van der Waals surface area contributed by atoms with Crippen molar-refractivity contribution in [3.63, 3.8) is 0 Å². The molecule has 7 heteroatoms. The van der Waals surface area contributed by atoms with Gasteiger partial charge in [-0.15, -0.1) is 0 Å². The number of rotatable bonds is 2.